The summed E-state index contributed by atoms with van der Waals surface area (Å²) in [5, 5.41) is 20.6. The van der Waals surface area contributed by atoms with E-state index in [2.05, 4.69) is 98.9 Å². The topological polar surface area (TPSA) is 96.2 Å². The molecule has 1 atom stereocenters. The summed E-state index contributed by atoms with van der Waals surface area (Å²) in [6, 6.07) is 11.5. The van der Waals surface area contributed by atoms with Crippen molar-refractivity contribution in [2.45, 2.75) is 93.9 Å². The van der Waals surface area contributed by atoms with Crippen LogP contribution in [0.5, 0.6) is 23.0 Å². The van der Waals surface area contributed by atoms with Crippen LogP contribution in [0.4, 0.5) is 0 Å². The zero-order chi connectivity index (χ0) is 35.8. The van der Waals surface area contributed by atoms with Gasteiger partial charge in [0.25, 0.3) is 0 Å². The molecule has 0 saturated carbocycles. The highest BCUT2D eigenvalue weighted by Crippen LogP contribution is 2.48. The first kappa shape index (κ1) is 38.5. The first-order valence-corrected chi connectivity index (χ1v) is 20.1. The van der Waals surface area contributed by atoms with Crippen molar-refractivity contribution in [3.8, 4) is 23.0 Å². The second-order valence-electron chi connectivity index (χ2n) is 13.4. The Balaban J connectivity index is 1.57. The highest BCUT2D eigenvalue weighted by Gasteiger charge is 2.29. The van der Waals surface area contributed by atoms with Crippen LogP contribution in [0.3, 0.4) is 0 Å². The maximum absolute atomic E-state index is 13.6. The zero-order valence-electron chi connectivity index (χ0n) is 29.5. The molecule has 0 saturated heterocycles. The molecular weight excluding hydrogens is 849 g/mol. The molecule has 0 spiro atoms. The normalized spacial score (nSPS) is 12.9. The smallest absolute Gasteiger partial charge is 0.413 e. The first-order valence-electron chi connectivity index (χ1n) is 16.2. The number of hydrogen-bond acceptors (Lipinski definition) is 5. The Hall–Kier alpha value is -2.27. The Kier molecular flexibility index (Phi) is 12.3. The Morgan fingerprint density at radius 2 is 1.04 bits per heavy atom. The second kappa shape index (κ2) is 15.3. The summed E-state index contributed by atoms with van der Waals surface area (Å²) in [6.45, 7) is 20.3. The average molecular weight is 897 g/mol. The maximum atomic E-state index is 13.6. The van der Waals surface area contributed by atoms with Gasteiger partial charge in [-0.25, -0.2) is 4.57 Å². The van der Waals surface area contributed by atoms with E-state index in [1.807, 2.05) is 39.8 Å². The average Bonchev–Trinajstić information content (AvgIpc) is 3.02. The van der Waals surface area contributed by atoms with Crippen molar-refractivity contribution < 1.29 is 28.9 Å². The third-order valence-corrected chi connectivity index (χ3v) is 13.0. The zero-order valence-corrected chi connectivity index (χ0v) is 34.7. The van der Waals surface area contributed by atoms with E-state index in [9.17, 15) is 19.7 Å². The van der Waals surface area contributed by atoms with Crippen LogP contribution < -0.4 is 9.26 Å². The molecule has 9 heteroatoms. The van der Waals surface area contributed by atoms with Gasteiger partial charge in [0.1, 0.15) is 23.0 Å². The van der Waals surface area contributed by atoms with Crippen molar-refractivity contribution in [3.05, 3.63) is 110 Å². The van der Waals surface area contributed by atoms with Crippen LogP contribution in [0.15, 0.2) is 36.4 Å². The highest BCUT2D eigenvalue weighted by atomic mass is 127. The van der Waals surface area contributed by atoms with Crippen LogP contribution in [-0.2, 0) is 17.4 Å². The Labute approximate surface area is 313 Å². The molecule has 4 aromatic carbocycles. The minimum absolute atomic E-state index is 0.201. The van der Waals surface area contributed by atoms with Gasteiger partial charge in [-0.3, -0.25) is 0 Å². The molecule has 0 amide bonds. The molecule has 4 aromatic rings. The third-order valence-electron chi connectivity index (χ3n) is 9.47. The van der Waals surface area contributed by atoms with Crippen molar-refractivity contribution >= 4 is 52.8 Å². The standard InChI is InChI=1S/C39H47I2O6P/c1-20(2)30-15-28(11-13-34(30)42)17-32-22(5)24(7)38(36(40)26(32)9)46-19-48(44,45)47-39-25(8)23(6)33(27(10)37(39)41)18-29-12-14-35(43)31(16-29)21(3)4/h11-16,20-21,42-43H,17-19H2,1-10H3,(H,44,45). The summed E-state index contributed by atoms with van der Waals surface area (Å²) >= 11 is 4.46. The minimum Gasteiger partial charge on any atom is -0.508 e. The lowest BCUT2D eigenvalue weighted by Crippen LogP contribution is -2.11. The number of phenolic OH excluding ortho intramolecular Hbond substituents is 2. The van der Waals surface area contributed by atoms with Gasteiger partial charge >= 0.3 is 7.60 Å². The summed E-state index contributed by atoms with van der Waals surface area (Å²) in [5.74, 6) is 2.02. The first-order chi connectivity index (χ1) is 22.3. The highest BCUT2D eigenvalue weighted by molar-refractivity contribution is 14.1. The van der Waals surface area contributed by atoms with Crippen LogP contribution in [0.1, 0.15) is 106 Å². The fourth-order valence-corrected chi connectivity index (χ4v) is 8.94. The predicted molar refractivity (Wildman–Crippen MR) is 213 cm³/mol. The van der Waals surface area contributed by atoms with E-state index in [-0.39, 0.29) is 11.8 Å². The van der Waals surface area contributed by atoms with Gasteiger partial charge < -0.3 is 24.4 Å². The summed E-state index contributed by atoms with van der Waals surface area (Å²) in [7, 11) is -4.22. The fourth-order valence-electron chi connectivity index (χ4n) is 6.18. The largest absolute Gasteiger partial charge is 0.508 e. The summed E-state index contributed by atoms with van der Waals surface area (Å²) in [6.07, 6.45) is 0.889. The van der Waals surface area contributed by atoms with E-state index in [0.717, 1.165) is 68.3 Å². The lowest BCUT2D eigenvalue weighted by molar-refractivity contribution is 0.302. The van der Waals surface area contributed by atoms with Gasteiger partial charge in [-0.15, -0.1) is 0 Å². The van der Waals surface area contributed by atoms with Crippen LogP contribution in [-0.4, -0.2) is 21.5 Å². The quantitative estimate of drug-likeness (QED) is 0.103. The third kappa shape index (κ3) is 8.19. The lowest BCUT2D eigenvalue weighted by atomic mass is 9.90. The molecule has 258 valence electrons. The number of benzene rings is 4. The van der Waals surface area contributed by atoms with Gasteiger partial charge in [-0.1, -0.05) is 52.0 Å². The summed E-state index contributed by atoms with van der Waals surface area (Å²) in [5.41, 5.74) is 12.2. The molecule has 0 fully saturated rings. The number of hydrogen-bond donors (Lipinski definition) is 3. The predicted octanol–water partition coefficient (Wildman–Crippen LogP) is 11.2. The second-order valence-corrected chi connectivity index (χ2v) is 17.3. The van der Waals surface area contributed by atoms with Gasteiger partial charge in [0, 0.05) is 0 Å². The van der Waals surface area contributed by atoms with Crippen LogP contribution in [0.25, 0.3) is 0 Å². The molecule has 4 rings (SSSR count). The van der Waals surface area contributed by atoms with E-state index in [1.54, 1.807) is 12.1 Å². The van der Waals surface area contributed by atoms with Crippen LogP contribution >= 0.6 is 52.8 Å². The Bertz CT molecular complexity index is 1860. The molecule has 0 aliphatic heterocycles. The van der Waals surface area contributed by atoms with E-state index in [1.165, 1.54) is 5.56 Å². The fraction of sp³-hybridized carbons (Fsp3) is 0.385. The van der Waals surface area contributed by atoms with Crippen molar-refractivity contribution in [2.24, 2.45) is 0 Å². The molecule has 6 nitrogen and oxygen atoms in total. The number of ether oxygens (including phenoxy) is 1. The maximum Gasteiger partial charge on any atom is 0.413 e. The molecule has 0 aliphatic carbocycles. The van der Waals surface area contributed by atoms with Gasteiger partial charge in [0.15, 0.2) is 0 Å². The van der Waals surface area contributed by atoms with Crippen molar-refractivity contribution in [1.29, 1.82) is 0 Å². The van der Waals surface area contributed by atoms with Gasteiger partial charge in [-0.2, -0.15) is 0 Å². The van der Waals surface area contributed by atoms with Gasteiger partial charge in [0.05, 0.1) is 7.14 Å². The van der Waals surface area contributed by atoms with Crippen molar-refractivity contribution in [1.82, 2.24) is 0 Å². The molecule has 0 bridgehead atoms. The molecule has 0 aromatic heterocycles. The van der Waals surface area contributed by atoms with E-state index in [0.29, 0.717) is 35.8 Å². The molecule has 0 radical (unpaired) electrons. The summed E-state index contributed by atoms with van der Waals surface area (Å²) in [4.78, 5) is 11.1. The molecule has 0 heterocycles. The van der Waals surface area contributed by atoms with Gasteiger partial charge in [0.2, 0.25) is 6.35 Å². The minimum atomic E-state index is -4.22. The Morgan fingerprint density at radius 1 is 0.646 bits per heavy atom. The molecule has 48 heavy (non-hydrogen) atoms. The monoisotopic (exact) mass is 896 g/mol. The number of halogens is 2. The van der Waals surface area contributed by atoms with E-state index < -0.39 is 13.9 Å². The summed E-state index contributed by atoms with van der Waals surface area (Å²) < 4.78 is 27.3. The molecule has 0 aliphatic rings. The van der Waals surface area contributed by atoms with E-state index in [4.69, 9.17) is 9.26 Å². The van der Waals surface area contributed by atoms with E-state index >= 15 is 0 Å². The number of aromatic hydroxyl groups is 2. The lowest BCUT2D eigenvalue weighted by Gasteiger charge is -2.24. The molecule has 3 N–H and O–H groups in total. The number of rotatable bonds is 11. The van der Waals surface area contributed by atoms with Gasteiger partial charge in [-0.05, 0) is 190 Å². The van der Waals surface area contributed by atoms with Crippen molar-refractivity contribution in [3.63, 3.8) is 0 Å². The Morgan fingerprint density at radius 3 is 1.46 bits per heavy atom. The number of phenols is 2. The van der Waals surface area contributed by atoms with Crippen LogP contribution in [0.2, 0.25) is 0 Å². The molecular formula is C39H47I2O6P. The SMILES string of the molecule is Cc1c(C)c(OCP(=O)(O)Oc2c(C)c(C)c(Cc3ccc(O)c(C(C)C)c3)c(C)c2I)c(I)c(C)c1Cc1ccc(O)c(C(C)C)c1. The van der Waals surface area contributed by atoms with Crippen LogP contribution in [0, 0.1) is 48.7 Å². The van der Waals surface area contributed by atoms with Crippen molar-refractivity contribution in [2.75, 3.05) is 6.35 Å². The molecule has 1 unspecified atom stereocenters.